The SMILES string of the molecule is c1ccc(-c2cc(-c3cccc(-c4ccc5c(c4)C4(c6ccccc6O5)c5ccccc5-c5ccccc54)n3)nc(-c3ccccc3)n2)cc1. The fraction of sp³-hybridized carbons (Fsp3) is 0.0217. The van der Waals surface area contributed by atoms with Crippen LogP contribution in [0.4, 0.5) is 0 Å². The van der Waals surface area contributed by atoms with Gasteiger partial charge in [0.25, 0.3) is 0 Å². The molecule has 4 nitrogen and oxygen atoms in total. The lowest BCUT2D eigenvalue weighted by atomic mass is 9.66. The van der Waals surface area contributed by atoms with Gasteiger partial charge in [-0.15, -0.1) is 0 Å². The van der Waals surface area contributed by atoms with E-state index in [0.717, 1.165) is 62.1 Å². The second-order valence-electron chi connectivity index (χ2n) is 12.8. The van der Waals surface area contributed by atoms with Gasteiger partial charge < -0.3 is 4.74 Å². The third-order valence-corrected chi connectivity index (χ3v) is 9.98. The summed E-state index contributed by atoms with van der Waals surface area (Å²) in [6.45, 7) is 0. The van der Waals surface area contributed by atoms with E-state index in [9.17, 15) is 0 Å². The van der Waals surface area contributed by atoms with Gasteiger partial charge in [-0.05, 0) is 64.7 Å². The Kier molecular flexibility index (Phi) is 6.36. The first-order chi connectivity index (χ1) is 24.8. The number of fused-ring (bicyclic) bond motifs is 9. The monoisotopic (exact) mass is 639 g/mol. The second kappa shape index (κ2) is 11.2. The Morgan fingerprint density at radius 1 is 0.340 bits per heavy atom. The highest BCUT2D eigenvalue weighted by molar-refractivity contribution is 5.89. The normalized spacial score (nSPS) is 13.1. The summed E-state index contributed by atoms with van der Waals surface area (Å²) in [6, 6.07) is 61.1. The van der Waals surface area contributed by atoms with Crippen LogP contribution in [-0.2, 0) is 5.41 Å². The molecule has 0 saturated carbocycles. The molecule has 10 rings (SSSR count). The predicted octanol–water partition coefficient (Wildman–Crippen LogP) is 11.0. The van der Waals surface area contributed by atoms with E-state index in [1.165, 1.54) is 22.3 Å². The number of aromatic nitrogens is 3. The van der Waals surface area contributed by atoms with E-state index in [4.69, 9.17) is 19.7 Å². The van der Waals surface area contributed by atoms with Crippen LogP contribution in [0.2, 0.25) is 0 Å². The van der Waals surface area contributed by atoms with Crippen molar-refractivity contribution in [2.45, 2.75) is 5.41 Å². The van der Waals surface area contributed by atoms with Gasteiger partial charge in [0.05, 0.1) is 28.2 Å². The Morgan fingerprint density at radius 3 is 1.66 bits per heavy atom. The Labute approximate surface area is 290 Å². The van der Waals surface area contributed by atoms with Crippen molar-refractivity contribution in [3.05, 3.63) is 198 Å². The largest absolute Gasteiger partial charge is 0.457 e. The molecule has 0 fully saturated rings. The van der Waals surface area contributed by atoms with Crippen LogP contribution < -0.4 is 4.74 Å². The van der Waals surface area contributed by atoms with Crippen molar-refractivity contribution in [1.82, 2.24) is 15.0 Å². The Bertz CT molecular complexity index is 2480. The minimum atomic E-state index is -0.535. The van der Waals surface area contributed by atoms with Crippen molar-refractivity contribution in [3.63, 3.8) is 0 Å². The zero-order valence-corrected chi connectivity index (χ0v) is 27.0. The van der Waals surface area contributed by atoms with E-state index in [-0.39, 0.29) is 0 Å². The third kappa shape index (κ3) is 4.28. The minimum absolute atomic E-state index is 0.535. The van der Waals surface area contributed by atoms with E-state index in [2.05, 4.69) is 109 Å². The molecule has 1 aliphatic heterocycles. The molecule has 1 aliphatic carbocycles. The summed E-state index contributed by atoms with van der Waals surface area (Å²) >= 11 is 0. The number of benzene rings is 6. The van der Waals surface area contributed by atoms with Gasteiger partial charge in [0.15, 0.2) is 5.82 Å². The standard InChI is InChI=1S/C46H29N3O/c1-3-14-30(15-4-1)41-29-42(49-45(48-41)31-16-5-2-6-17-31)40-24-13-23-39(47-40)32-26-27-44-38(28-32)46(37-22-11-12-25-43(37)50-44)35-20-9-7-18-33(35)34-19-8-10-21-36(34)46/h1-29H. The maximum atomic E-state index is 6.65. The van der Waals surface area contributed by atoms with Crippen LogP contribution >= 0.6 is 0 Å². The van der Waals surface area contributed by atoms with Crippen LogP contribution in [0, 0.1) is 0 Å². The molecular weight excluding hydrogens is 611 g/mol. The molecule has 0 amide bonds. The number of hydrogen-bond acceptors (Lipinski definition) is 4. The zero-order valence-electron chi connectivity index (χ0n) is 27.0. The molecule has 50 heavy (non-hydrogen) atoms. The van der Waals surface area contributed by atoms with Crippen LogP contribution in [0.1, 0.15) is 22.3 Å². The molecule has 2 aromatic heterocycles. The van der Waals surface area contributed by atoms with Gasteiger partial charge in [0, 0.05) is 27.8 Å². The van der Waals surface area contributed by atoms with Crippen LogP contribution in [0.15, 0.2) is 176 Å². The number of rotatable bonds is 4. The highest BCUT2D eigenvalue weighted by Gasteiger charge is 2.51. The smallest absolute Gasteiger partial charge is 0.160 e. The summed E-state index contributed by atoms with van der Waals surface area (Å²) in [5, 5.41) is 0. The highest BCUT2D eigenvalue weighted by Crippen LogP contribution is 2.62. The van der Waals surface area contributed by atoms with Gasteiger partial charge in [-0.2, -0.15) is 0 Å². The molecule has 0 saturated heterocycles. The van der Waals surface area contributed by atoms with E-state index >= 15 is 0 Å². The van der Waals surface area contributed by atoms with Gasteiger partial charge in [0.2, 0.25) is 0 Å². The van der Waals surface area contributed by atoms with Crippen molar-refractivity contribution in [1.29, 1.82) is 0 Å². The Balaban J connectivity index is 1.15. The van der Waals surface area contributed by atoms with Crippen LogP contribution in [0.3, 0.4) is 0 Å². The maximum Gasteiger partial charge on any atom is 0.160 e. The quantitative estimate of drug-likeness (QED) is 0.192. The number of ether oxygens (including phenoxy) is 1. The number of para-hydroxylation sites is 1. The predicted molar refractivity (Wildman–Crippen MR) is 199 cm³/mol. The molecule has 0 radical (unpaired) electrons. The van der Waals surface area contributed by atoms with Gasteiger partial charge in [-0.25, -0.2) is 15.0 Å². The van der Waals surface area contributed by atoms with E-state index in [0.29, 0.717) is 5.82 Å². The lowest BCUT2D eigenvalue weighted by molar-refractivity contribution is 0.436. The maximum absolute atomic E-state index is 6.65. The molecule has 3 heterocycles. The summed E-state index contributed by atoms with van der Waals surface area (Å²) in [5.74, 6) is 2.40. The van der Waals surface area contributed by atoms with Crippen LogP contribution in [-0.4, -0.2) is 15.0 Å². The number of nitrogens with zero attached hydrogens (tertiary/aromatic N) is 3. The van der Waals surface area contributed by atoms with E-state index < -0.39 is 5.41 Å². The van der Waals surface area contributed by atoms with Gasteiger partial charge >= 0.3 is 0 Å². The molecule has 0 N–H and O–H groups in total. The van der Waals surface area contributed by atoms with Crippen molar-refractivity contribution in [2.24, 2.45) is 0 Å². The first-order valence-corrected chi connectivity index (χ1v) is 16.9. The fourth-order valence-corrected chi connectivity index (χ4v) is 7.81. The molecule has 0 unspecified atom stereocenters. The Hall–Kier alpha value is -6.65. The third-order valence-electron chi connectivity index (χ3n) is 9.98. The lowest BCUT2D eigenvalue weighted by Gasteiger charge is -2.39. The Morgan fingerprint density at radius 2 is 0.920 bits per heavy atom. The zero-order chi connectivity index (χ0) is 33.1. The molecule has 2 aliphatic rings. The summed E-state index contributed by atoms with van der Waals surface area (Å²) in [4.78, 5) is 15.3. The molecular formula is C46H29N3O. The highest BCUT2D eigenvalue weighted by atomic mass is 16.5. The van der Waals surface area contributed by atoms with Gasteiger partial charge in [-0.1, -0.05) is 133 Å². The first kappa shape index (κ1) is 28.4. The minimum Gasteiger partial charge on any atom is -0.457 e. The average molecular weight is 640 g/mol. The molecule has 4 heteroatoms. The summed E-state index contributed by atoms with van der Waals surface area (Å²) in [6.07, 6.45) is 0. The molecule has 0 bridgehead atoms. The second-order valence-corrected chi connectivity index (χ2v) is 12.8. The fourth-order valence-electron chi connectivity index (χ4n) is 7.81. The van der Waals surface area contributed by atoms with Crippen LogP contribution in [0.5, 0.6) is 11.5 Å². The van der Waals surface area contributed by atoms with E-state index in [1.54, 1.807) is 0 Å². The molecule has 0 atom stereocenters. The van der Waals surface area contributed by atoms with Crippen molar-refractivity contribution >= 4 is 0 Å². The lowest BCUT2D eigenvalue weighted by Crippen LogP contribution is -2.32. The van der Waals surface area contributed by atoms with Crippen molar-refractivity contribution < 1.29 is 4.74 Å². The van der Waals surface area contributed by atoms with Crippen molar-refractivity contribution in [3.8, 4) is 67.9 Å². The van der Waals surface area contributed by atoms with E-state index in [1.807, 2.05) is 66.7 Å². The summed E-state index contributed by atoms with van der Waals surface area (Å²) < 4.78 is 6.65. The molecule has 1 spiro atoms. The van der Waals surface area contributed by atoms with Crippen molar-refractivity contribution in [2.75, 3.05) is 0 Å². The van der Waals surface area contributed by atoms with Gasteiger partial charge in [-0.3, -0.25) is 0 Å². The summed E-state index contributed by atoms with van der Waals surface area (Å²) in [7, 11) is 0. The first-order valence-electron chi connectivity index (χ1n) is 16.9. The topological polar surface area (TPSA) is 47.9 Å². The van der Waals surface area contributed by atoms with Gasteiger partial charge in [0.1, 0.15) is 11.5 Å². The molecule has 6 aromatic carbocycles. The van der Waals surface area contributed by atoms with Crippen LogP contribution in [0.25, 0.3) is 56.4 Å². The summed E-state index contributed by atoms with van der Waals surface area (Å²) in [5.41, 5.74) is 13.0. The average Bonchev–Trinajstić information content (AvgIpc) is 3.49. The number of hydrogen-bond donors (Lipinski definition) is 0. The molecule has 234 valence electrons. The molecule has 8 aromatic rings. The number of pyridine rings is 1.